The molecule has 0 amide bonds. The fourth-order valence-corrected chi connectivity index (χ4v) is 3.20. The average Bonchev–Trinajstić information content (AvgIpc) is 2.24. The van der Waals surface area contributed by atoms with Gasteiger partial charge in [0.1, 0.15) is 0 Å². The standard InChI is InChI=1S/C12H9Cl9/c1-2-3-7-8(11(16,17)18)4-6(10(13,14)15)5-9(7)12(19,20)21/h4-5H,2-3H2,1H3. The highest BCUT2D eigenvalue weighted by Crippen LogP contribution is 2.50. The Hall–Kier alpha value is 1.83. The van der Waals surface area contributed by atoms with Crippen molar-refractivity contribution in [2.24, 2.45) is 0 Å². The van der Waals surface area contributed by atoms with Crippen LogP contribution in [-0.2, 0) is 17.8 Å². The van der Waals surface area contributed by atoms with Gasteiger partial charge >= 0.3 is 0 Å². The molecule has 0 fully saturated rings. The first kappa shape index (κ1) is 20.9. The van der Waals surface area contributed by atoms with E-state index >= 15 is 0 Å². The molecule has 0 heterocycles. The molecule has 0 N–H and O–H groups in total. The third kappa shape index (κ3) is 5.69. The molecule has 0 aliphatic rings. The second kappa shape index (κ2) is 7.38. The highest BCUT2D eigenvalue weighted by atomic mass is 35.6. The van der Waals surface area contributed by atoms with Gasteiger partial charge in [0.05, 0.1) is 0 Å². The van der Waals surface area contributed by atoms with Crippen molar-refractivity contribution in [2.45, 2.75) is 31.1 Å². The van der Waals surface area contributed by atoms with E-state index in [2.05, 4.69) is 0 Å². The van der Waals surface area contributed by atoms with Crippen LogP contribution in [0.4, 0.5) is 0 Å². The molecular formula is C12H9Cl9. The van der Waals surface area contributed by atoms with Crippen molar-refractivity contribution in [1.29, 1.82) is 0 Å². The predicted octanol–water partition coefficient (Wildman–Crippen LogP) is 8.12. The van der Waals surface area contributed by atoms with Gasteiger partial charge in [0.25, 0.3) is 0 Å². The molecular weight excluding hydrogens is 463 g/mol. The molecule has 1 rings (SSSR count). The summed E-state index contributed by atoms with van der Waals surface area (Å²) in [5.41, 5.74) is 1.55. The minimum atomic E-state index is -1.74. The van der Waals surface area contributed by atoms with Crippen LogP contribution in [0.15, 0.2) is 12.1 Å². The Labute approximate surface area is 168 Å². The van der Waals surface area contributed by atoms with Gasteiger partial charge in [-0.3, -0.25) is 0 Å². The van der Waals surface area contributed by atoms with E-state index in [4.69, 9.17) is 104 Å². The zero-order valence-corrected chi connectivity index (χ0v) is 17.3. The van der Waals surface area contributed by atoms with E-state index in [1.54, 1.807) is 0 Å². The molecule has 0 bridgehead atoms. The maximum absolute atomic E-state index is 6.02. The molecule has 0 aliphatic carbocycles. The van der Waals surface area contributed by atoms with Crippen molar-refractivity contribution in [3.63, 3.8) is 0 Å². The number of rotatable bonds is 2. The second-order valence-electron chi connectivity index (χ2n) is 4.29. The van der Waals surface area contributed by atoms with E-state index in [1.165, 1.54) is 12.1 Å². The predicted molar refractivity (Wildman–Crippen MR) is 98.1 cm³/mol. The normalized spacial score (nSPS) is 13.6. The fourth-order valence-electron chi connectivity index (χ4n) is 1.86. The molecule has 21 heavy (non-hydrogen) atoms. The van der Waals surface area contributed by atoms with Gasteiger partial charge in [-0.1, -0.05) is 118 Å². The molecule has 0 aromatic heterocycles. The summed E-state index contributed by atoms with van der Waals surface area (Å²) in [5, 5.41) is 0. The third-order valence-corrected chi connectivity index (χ3v) is 4.56. The maximum Gasteiger partial charge on any atom is 0.216 e. The van der Waals surface area contributed by atoms with Crippen molar-refractivity contribution < 1.29 is 0 Å². The maximum atomic E-state index is 6.02. The summed E-state index contributed by atoms with van der Waals surface area (Å²) in [6, 6.07) is 3.01. The zero-order valence-electron chi connectivity index (χ0n) is 10.5. The number of hydrogen-bond acceptors (Lipinski definition) is 0. The van der Waals surface area contributed by atoms with Crippen molar-refractivity contribution >= 4 is 104 Å². The van der Waals surface area contributed by atoms with Crippen LogP contribution in [0.5, 0.6) is 0 Å². The summed E-state index contributed by atoms with van der Waals surface area (Å²) in [7, 11) is 0. The molecule has 1 aromatic carbocycles. The Kier molecular flexibility index (Phi) is 7.33. The van der Waals surface area contributed by atoms with Gasteiger partial charge in [-0.2, -0.15) is 0 Å². The van der Waals surface area contributed by atoms with E-state index in [-0.39, 0.29) is 5.56 Å². The van der Waals surface area contributed by atoms with Gasteiger partial charge < -0.3 is 0 Å². The summed E-state index contributed by atoms with van der Waals surface area (Å²) < 4.78 is -5.21. The Morgan fingerprint density at radius 2 is 1.10 bits per heavy atom. The number of hydrogen-bond donors (Lipinski definition) is 0. The van der Waals surface area contributed by atoms with Crippen LogP contribution in [0.25, 0.3) is 0 Å². The van der Waals surface area contributed by atoms with Crippen molar-refractivity contribution in [3.05, 3.63) is 34.4 Å². The minimum Gasteiger partial charge on any atom is -0.0784 e. The Morgan fingerprint density at radius 1 is 0.714 bits per heavy atom. The molecule has 0 radical (unpaired) electrons. The first-order valence-corrected chi connectivity index (χ1v) is 9.07. The van der Waals surface area contributed by atoms with Gasteiger partial charge in [0, 0.05) is 16.7 Å². The lowest BCUT2D eigenvalue weighted by atomic mass is 9.95. The Morgan fingerprint density at radius 3 is 1.33 bits per heavy atom. The van der Waals surface area contributed by atoms with E-state index in [9.17, 15) is 0 Å². The lowest BCUT2D eigenvalue weighted by Crippen LogP contribution is -2.16. The van der Waals surface area contributed by atoms with Crippen molar-refractivity contribution in [3.8, 4) is 0 Å². The molecule has 0 atom stereocenters. The molecule has 0 spiro atoms. The van der Waals surface area contributed by atoms with E-state index in [1.807, 2.05) is 6.92 Å². The molecule has 120 valence electrons. The van der Waals surface area contributed by atoms with Gasteiger partial charge in [0.2, 0.25) is 11.4 Å². The average molecular weight is 472 g/mol. The monoisotopic (exact) mass is 468 g/mol. The van der Waals surface area contributed by atoms with Crippen LogP contribution in [0.3, 0.4) is 0 Å². The summed E-state index contributed by atoms with van der Waals surface area (Å²) in [6.07, 6.45) is 1.31. The van der Waals surface area contributed by atoms with E-state index in [0.717, 1.165) is 6.42 Å². The van der Waals surface area contributed by atoms with E-state index < -0.39 is 11.4 Å². The smallest absolute Gasteiger partial charge is 0.0784 e. The molecule has 0 nitrogen and oxygen atoms in total. The highest BCUT2D eigenvalue weighted by Gasteiger charge is 2.36. The van der Waals surface area contributed by atoms with Gasteiger partial charge in [-0.15, -0.1) is 0 Å². The molecule has 1 aromatic rings. The van der Waals surface area contributed by atoms with Crippen molar-refractivity contribution in [1.82, 2.24) is 0 Å². The Balaban J connectivity index is 3.75. The summed E-state index contributed by atoms with van der Waals surface area (Å²) in [5.74, 6) is 0. The molecule has 0 unspecified atom stereocenters. The molecule has 0 saturated carbocycles. The zero-order chi connectivity index (χ0) is 16.6. The summed E-state index contributed by atoms with van der Waals surface area (Å²) in [4.78, 5) is 0. The second-order valence-corrected chi connectivity index (χ2v) is 11.1. The van der Waals surface area contributed by atoms with Crippen LogP contribution in [-0.4, -0.2) is 0 Å². The van der Waals surface area contributed by atoms with E-state index in [0.29, 0.717) is 23.1 Å². The Bertz CT molecular complexity index is 470. The quantitative estimate of drug-likeness (QED) is 0.382. The summed E-state index contributed by atoms with van der Waals surface area (Å²) >= 11 is 53.8. The topological polar surface area (TPSA) is 0 Å². The van der Waals surface area contributed by atoms with Crippen molar-refractivity contribution in [2.75, 3.05) is 0 Å². The van der Waals surface area contributed by atoms with Crippen LogP contribution in [0, 0.1) is 0 Å². The lowest BCUT2D eigenvalue weighted by molar-refractivity contribution is 0.880. The highest BCUT2D eigenvalue weighted by molar-refractivity contribution is 6.68. The first-order valence-electron chi connectivity index (χ1n) is 5.67. The van der Waals surface area contributed by atoms with Crippen LogP contribution in [0.1, 0.15) is 35.6 Å². The van der Waals surface area contributed by atoms with Crippen LogP contribution < -0.4 is 0 Å². The van der Waals surface area contributed by atoms with Crippen LogP contribution >= 0.6 is 104 Å². The van der Waals surface area contributed by atoms with Gasteiger partial charge in [0.15, 0.2) is 0 Å². The third-order valence-electron chi connectivity index (χ3n) is 2.69. The first-order chi connectivity index (χ1) is 9.28. The molecule has 0 aliphatic heterocycles. The number of alkyl halides is 9. The fraction of sp³-hybridized carbons (Fsp3) is 0.500. The minimum absolute atomic E-state index is 0.259. The molecule has 9 heteroatoms. The molecule has 0 saturated heterocycles. The SMILES string of the molecule is CCCc1c(C(Cl)(Cl)Cl)cc(C(Cl)(Cl)Cl)cc1C(Cl)(Cl)Cl. The number of benzene rings is 1. The summed E-state index contributed by atoms with van der Waals surface area (Å²) in [6.45, 7) is 1.95. The lowest BCUT2D eigenvalue weighted by Gasteiger charge is -2.26. The number of halogens is 9. The van der Waals surface area contributed by atoms with Gasteiger partial charge in [-0.25, -0.2) is 0 Å². The van der Waals surface area contributed by atoms with Crippen LogP contribution in [0.2, 0.25) is 0 Å². The largest absolute Gasteiger partial charge is 0.216 e. The van der Waals surface area contributed by atoms with Gasteiger partial charge in [-0.05, 0) is 24.1 Å².